The van der Waals surface area contributed by atoms with E-state index in [0.29, 0.717) is 26.1 Å². The molecule has 26 heavy (non-hydrogen) atoms. The summed E-state index contributed by atoms with van der Waals surface area (Å²) in [6, 6.07) is 3.16. The Morgan fingerprint density at radius 1 is 1.04 bits per heavy atom. The van der Waals surface area contributed by atoms with Gasteiger partial charge in [0.15, 0.2) is 5.69 Å². The van der Waals surface area contributed by atoms with Crippen molar-refractivity contribution in [2.75, 3.05) is 27.9 Å². The van der Waals surface area contributed by atoms with E-state index >= 15 is 0 Å². The molecule has 0 saturated heterocycles. The molecule has 0 unspecified atom stereocenters. The van der Waals surface area contributed by atoms with E-state index < -0.39 is 5.97 Å². The number of methoxy groups -OCH3 is 3. The number of fused-ring (bicyclic) bond motifs is 1. The van der Waals surface area contributed by atoms with E-state index in [9.17, 15) is 9.59 Å². The number of hydrogen-bond donors (Lipinski definition) is 0. The van der Waals surface area contributed by atoms with Crippen molar-refractivity contribution < 1.29 is 23.8 Å². The number of nitrogens with zero attached hydrogens (tertiary/aromatic N) is 5. The summed E-state index contributed by atoms with van der Waals surface area (Å²) in [5.74, 6) is -0.542. The van der Waals surface area contributed by atoms with Gasteiger partial charge in [0.2, 0.25) is 5.88 Å². The zero-order valence-corrected chi connectivity index (χ0v) is 14.8. The molecule has 0 fully saturated rings. The van der Waals surface area contributed by atoms with E-state index in [4.69, 9.17) is 14.2 Å². The summed E-state index contributed by atoms with van der Waals surface area (Å²) < 4.78 is 16.5. The minimum Gasteiger partial charge on any atom is -0.481 e. The fraction of sp³-hybridized carbons (Fsp3) is 0.438. The highest BCUT2D eigenvalue weighted by Crippen LogP contribution is 2.19. The molecular formula is C16H19N5O5. The highest BCUT2D eigenvalue weighted by molar-refractivity contribution is 5.92. The maximum atomic E-state index is 12.9. The fourth-order valence-corrected chi connectivity index (χ4v) is 2.71. The van der Waals surface area contributed by atoms with E-state index in [1.54, 1.807) is 15.6 Å². The number of carbonyl (C=O) groups excluding carboxylic acids is 2. The molecule has 0 saturated carbocycles. The number of hydrogen-bond acceptors (Lipinski definition) is 8. The highest BCUT2D eigenvalue weighted by Gasteiger charge is 2.25. The third-order valence-corrected chi connectivity index (χ3v) is 3.99. The molecule has 138 valence electrons. The van der Waals surface area contributed by atoms with Gasteiger partial charge in [0.05, 0.1) is 33.6 Å². The first kappa shape index (κ1) is 17.6. The van der Waals surface area contributed by atoms with Gasteiger partial charge in [0.1, 0.15) is 5.69 Å². The van der Waals surface area contributed by atoms with E-state index in [1.807, 2.05) is 0 Å². The van der Waals surface area contributed by atoms with Gasteiger partial charge in [-0.3, -0.25) is 9.48 Å². The molecule has 10 heteroatoms. The van der Waals surface area contributed by atoms with E-state index in [0.717, 1.165) is 5.69 Å². The van der Waals surface area contributed by atoms with Gasteiger partial charge in [0.25, 0.3) is 5.91 Å². The molecule has 3 heterocycles. The van der Waals surface area contributed by atoms with Crippen molar-refractivity contribution in [2.45, 2.75) is 19.5 Å². The predicted molar refractivity (Wildman–Crippen MR) is 88.1 cm³/mol. The fourth-order valence-electron chi connectivity index (χ4n) is 2.71. The number of aryl methyl sites for hydroxylation is 1. The van der Waals surface area contributed by atoms with E-state index in [1.165, 1.54) is 27.4 Å². The van der Waals surface area contributed by atoms with Crippen LogP contribution in [0, 0.1) is 0 Å². The number of rotatable bonds is 4. The highest BCUT2D eigenvalue weighted by atomic mass is 16.5. The van der Waals surface area contributed by atoms with Crippen molar-refractivity contribution in [3.63, 3.8) is 0 Å². The van der Waals surface area contributed by atoms with Crippen molar-refractivity contribution in [1.82, 2.24) is 24.6 Å². The number of aromatic nitrogens is 4. The van der Waals surface area contributed by atoms with Gasteiger partial charge in [-0.25, -0.2) is 4.79 Å². The molecule has 1 amide bonds. The van der Waals surface area contributed by atoms with Crippen LogP contribution in [0.4, 0.5) is 0 Å². The average molecular weight is 361 g/mol. The predicted octanol–water partition coefficient (Wildman–Crippen LogP) is 0.523. The first-order valence-corrected chi connectivity index (χ1v) is 7.97. The molecule has 1 aliphatic rings. The second-order valence-corrected chi connectivity index (χ2v) is 5.60. The number of ether oxygens (including phenoxy) is 3. The van der Waals surface area contributed by atoms with Crippen LogP contribution in [-0.2, 0) is 17.8 Å². The molecule has 0 radical (unpaired) electrons. The summed E-state index contributed by atoms with van der Waals surface area (Å²) in [4.78, 5) is 34.3. The van der Waals surface area contributed by atoms with Crippen molar-refractivity contribution in [1.29, 1.82) is 0 Å². The lowest BCUT2D eigenvalue weighted by Gasteiger charge is -2.19. The molecule has 0 bridgehead atoms. The molecule has 0 spiro atoms. The Bertz CT molecular complexity index is 812. The number of amides is 1. The molecule has 0 aromatic carbocycles. The van der Waals surface area contributed by atoms with Crippen LogP contribution in [-0.4, -0.2) is 64.4 Å². The standard InChI is InChI=1S/C16H19N5O5/c1-24-13-8-11(17-16(18-13)26-3)14(22)20-5-4-6-21-10(9-20)7-12(19-21)15(23)25-2/h7-8H,4-6,9H2,1-3H3. The van der Waals surface area contributed by atoms with Gasteiger partial charge in [0, 0.05) is 19.2 Å². The third-order valence-electron chi connectivity index (χ3n) is 3.99. The summed E-state index contributed by atoms with van der Waals surface area (Å²) in [5.41, 5.74) is 1.15. The van der Waals surface area contributed by atoms with Crippen molar-refractivity contribution in [3.05, 3.63) is 29.2 Å². The molecular weight excluding hydrogens is 342 g/mol. The van der Waals surface area contributed by atoms with Gasteiger partial charge in [-0.15, -0.1) is 0 Å². The topological polar surface area (TPSA) is 109 Å². The van der Waals surface area contributed by atoms with Crippen LogP contribution in [0.1, 0.15) is 33.1 Å². The largest absolute Gasteiger partial charge is 0.481 e. The Labute approximate surface area is 149 Å². The minimum atomic E-state index is -0.506. The first-order chi connectivity index (χ1) is 12.5. The van der Waals surface area contributed by atoms with Crippen molar-refractivity contribution in [2.24, 2.45) is 0 Å². The second kappa shape index (κ2) is 7.38. The maximum Gasteiger partial charge on any atom is 0.358 e. The second-order valence-electron chi connectivity index (χ2n) is 5.60. The third kappa shape index (κ3) is 3.44. The number of carbonyl (C=O) groups is 2. The quantitative estimate of drug-likeness (QED) is 0.725. The molecule has 2 aromatic rings. The van der Waals surface area contributed by atoms with Crippen LogP contribution in [0.5, 0.6) is 11.9 Å². The average Bonchev–Trinajstić information content (AvgIpc) is 2.97. The Morgan fingerprint density at radius 2 is 1.85 bits per heavy atom. The molecule has 0 aliphatic carbocycles. The summed E-state index contributed by atoms with van der Waals surface area (Å²) in [5, 5.41) is 4.24. The van der Waals surface area contributed by atoms with Gasteiger partial charge in [-0.2, -0.15) is 15.1 Å². The molecule has 0 atom stereocenters. The lowest BCUT2D eigenvalue weighted by Crippen LogP contribution is -2.31. The smallest absolute Gasteiger partial charge is 0.358 e. The molecule has 3 rings (SSSR count). The molecule has 2 aromatic heterocycles. The minimum absolute atomic E-state index is 0.0561. The molecule has 1 aliphatic heterocycles. The monoisotopic (exact) mass is 361 g/mol. The molecule has 0 N–H and O–H groups in total. The Balaban J connectivity index is 1.86. The zero-order chi connectivity index (χ0) is 18.7. The summed E-state index contributed by atoms with van der Waals surface area (Å²) in [6.07, 6.45) is 0.695. The normalized spacial score (nSPS) is 13.6. The van der Waals surface area contributed by atoms with Gasteiger partial charge < -0.3 is 19.1 Å². The summed E-state index contributed by atoms with van der Waals surface area (Å²) >= 11 is 0. The Morgan fingerprint density at radius 3 is 2.54 bits per heavy atom. The van der Waals surface area contributed by atoms with E-state index in [2.05, 4.69) is 15.1 Å². The zero-order valence-electron chi connectivity index (χ0n) is 14.8. The maximum absolute atomic E-state index is 12.9. The van der Waals surface area contributed by atoms with Crippen molar-refractivity contribution in [3.8, 4) is 11.9 Å². The van der Waals surface area contributed by atoms with Gasteiger partial charge in [-0.05, 0) is 12.5 Å². The summed E-state index contributed by atoms with van der Waals surface area (Å²) in [6.45, 7) is 1.44. The first-order valence-electron chi connectivity index (χ1n) is 7.97. The lowest BCUT2D eigenvalue weighted by atomic mass is 10.3. The lowest BCUT2D eigenvalue weighted by molar-refractivity contribution is 0.0593. The molecule has 10 nitrogen and oxygen atoms in total. The number of esters is 1. The Kier molecular flexibility index (Phi) is 5.01. The Hall–Kier alpha value is -3.17. The van der Waals surface area contributed by atoms with Crippen LogP contribution in [0.3, 0.4) is 0 Å². The van der Waals surface area contributed by atoms with Crippen LogP contribution < -0.4 is 9.47 Å². The van der Waals surface area contributed by atoms with Crippen LogP contribution in [0.15, 0.2) is 12.1 Å². The van der Waals surface area contributed by atoms with Crippen molar-refractivity contribution >= 4 is 11.9 Å². The summed E-state index contributed by atoms with van der Waals surface area (Å²) in [7, 11) is 4.18. The van der Waals surface area contributed by atoms with Gasteiger partial charge in [-0.1, -0.05) is 0 Å². The van der Waals surface area contributed by atoms with Gasteiger partial charge >= 0.3 is 12.0 Å². The van der Waals surface area contributed by atoms with Crippen LogP contribution >= 0.6 is 0 Å². The SMILES string of the molecule is COC(=O)c1cc2n(n1)CCCN(C(=O)c1cc(OC)nc(OC)n1)C2. The van der Waals surface area contributed by atoms with E-state index in [-0.39, 0.29) is 29.2 Å². The van der Waals surface area contributed by atoms with Crippen LogP contribution in [0.25, 0.3) is 0 Å². The van der Waals surface area contributed by atoms with Crippen LogP contribution in [0.2, 0.25) is 0 Å².